The number of hydrogen-bond donors (Lipinski definition) is 0. The lowest BCUT2D eigenvalue weighted by Crippen LogP contribution is -2.36. The molecule has 1 unspecified atom stereocenters. The van der Waals surface area contributed by atoms with Crippen molar-refractivity contribution in [2.45, 2.75) is 32.0 Å². The first-order valence-corrected chi connectivity index (χ1v) is 5.68. The second kappa shape index (κ2) is 4.98. The number of benzene rings is 1. The Kier molecular flexibility index (Phi) is 3.40. The molecular formula is C13H15FN2. The first-order chi connectivity index (χ1) is 7.81. The van der Waals surface area contributed by atoms with Crippen molar-refractivity contribution >= 4 is 5.69 Å². The van der Waals surface area contributed by atoms with Gasteiger partial charge in [-0.05, 0) is 37.0 Å². The van der Waals surface area contributed by atoms with Gasteiger partial charge in [0, 0.05) is 12.2 Å². The molecule has 3 heteroatoms. The van der Waals surface area contributed by atoms with Crippen molar-refractivity contribution in [3.8, 4) is 6.07 Å². The maximum Gasteiger partial charge on any atom is 0.172 e. The van der Waals surface area contributed by atoms with Gasteiger partial charge in [0.15, 0.2) is 6.30 Å². The van der Waals surface area contributed by atoms with E-state index >= 15 is 0 Å². The molecule has 1 saturated heterocycles. The van der Waals surface area contributed by atoms with Crippen molar-refractivity contribution < 1.29 is 4.39 Å². The fourth-order valence-corrected chi connectivity index (χ4v) is 2.12. The summed E-state index contributed by atoms with van der Waals surface area (Å²) in [4.78, 5) is 1.80. The average Bonchev–Trinajstić information content (AvgIpc) is 2.30. The number of alkyl halides is 1. The number of rotatable bonds is 2. The third-order valence-corrected chi connectivity index (χ3v) is 2.95. The summed E-state index contributed by atoms with van der Waals surface area (Å²) in [5.41, 5.74) is 1.86. The van der Waals surface area contributed by atoms with Crippen LogP contribution < -0.4 is 4.90 Å². The highest BCUT2D eigenvalue weighted by Crippen LogP contribution is 2.26. The summed E-state index contributed by atoms with van der Waals surface area (Å²) in [6.45, 7) is 0.775. The van der Waals surface area contributed by atoms with Gasteiger partial charge < -0.3 is 4.90 Å². The largest absolute Gasteiger partial charge is 0.342 e. The zero-order chi connectivity index (χ0) is 11.4. The fourth-order valence-electron chi connectivity index (χ4n) is 2.12. The van der Waals surface area contributed by atoms with Crippen LogP contribution in [0.25, 0.3) is 0 Å². The minimum absolute atomic E-state index is 0.388. The minimum Gasteiger partial charge on any atom is -0.342 e. The molecule has 1 aromatic rings. The molecule has 0 radical (unpaired) electrons. The summed E-state index contributed by atoms with van der Waals surface area (Å²) in [6, 6.07) is 9.75. The molecule has 16 heavy (non-hydrogen) atoms. The Bertz CT molecular complexity index is 397. The number of nitrogens with zero attached hydrogens (tertiary/aromatic N) is 2. The van der Waals surface area contributed by atoms with E-state index in [1.54, 1.807) is 4.90 Å². The Balaban J connectivity index is 2.19. The Morgan fingerprint density at radius 1 is 1.44 bits per heavy atom. The van der Waals surface area contributed by atoms with Crippen LogP contribution in [0.4, 0.5) is 10.1 Å². The van der Waals surface area contributed by atoms with Crippen molar-refractivity contribution in [1.82, 2.24) is 0 Å². The quantitative estimate of drug-likeness (QED) is 0.713. The third-order valence-electron chi connectivity index (χ3n) is 2.95. The van der Waals surface area contributed by atoms with Gasteiger partial charge in [-0.3, -0.25) is 0 Å². The fraction of sp³-hybridized carbons (Fsp3) is 0.462. The number of halogens is 1. The molecule has 0 aromatic heterocycles. The van der Waals surface area contributed by atoms with Gasteiger partial charge in [-0.25, -0.2) is 4.39 Å². The molecule has 1 fully saturated rings. The maximum absolute atomic E-state index is 13.7. The highest BCUT2D eigenvalue weighted by Gasteiger charge is 2.21. The molecule has 1 aromatic carbocycles. The van der Waals surface area contributed by atoms with Crippen molar-refractivity contribution in [1.29, 1.82) is 5.26 Å². The van der Waals surface area contributed by atoms with Crippen LogP contribution in [-0.4, -0.2) is 12.8 Å². The predicted molar refractivity (Wildman–Crippen MR) is 61.9 cm³/mol. The molecule has 1 aliphatic heterocycles. The van der Waals surface area contributed by atoms with Gasteiger partial charge >= 0.3 is 0 Å². The Morgan fingerprint density at radius 3 is 3.06 bits per heavy atom. The molecule has 1 atom stereocenters. The van der Waals surface area contributed by atoms with Gasteiger partial charge in [0.25, 0.3) is 0 Å². The average molecular weight is 218 g/mol. The molecule has 1 heterocycles. The first-order valence-electron chi connectivity index (χ1n) is 5.68. The number of piperidine rings is 1. The highest BCUT2D eigenvalue weighted by molar-refractivity contribution is 5.49. The lowest BCUT2D eigenvalue weighted by atomic mass is 10.1. The molecule has 0 saturated carbocycles. The van der Waals surface area contributed by atoms with Gasteiger partial charge in [-0.15, -0.1) is 0 Å². The molecular weight excluding hydrogens is 203 g/mol. The Hall–Kier alpha value is -1.56. The summed E-state index contributed by atoms with van der Waals surface area (Å²) in [7, 11) is 0. The van der Waals surface area contributed by atoms with E-state index in [1.165, 1.54) is 0 Å². The van der Waals surface area contributed by atoms with Crippen LogP contribution in [0.3, 0.4) is 0 Å². The zero-order valence-electron chi connectivity index (χ0n) is 9.19. The van der Waals surface area contributed by atoms with E-state index in [-0.39, 0.29) is 0 Å². The molecule has 2 nitrogen and oxygen atoms in total. The van der Waals surface area contributed by atoms with E-state index in [0.29, 0.717) is 12.8 Å². The van der Waals surface area contributed by atoms with E-state index < -0.39 is 6.30 Å². The van der Waals surface area contributed by atoms with Gasteiger partial charge in [0.1, 0.15) is 0 Å². The standard InChI is InChI=1S/C13H15FN2/c14-13-6-1-2-9-16(13)12-5-3-4-11(10-12)7-8-15/h3-5,10,13H,1-2,6-7,9H2. The summed E-state index contributed by atoms with van der Waals surface area (Å²) in [6.07, 6.45) is 2.14. The van der Waals surface area contributed by atoms with Crippen molar-refractivity contribution in [3.63, 3.8) is 0 Å². The molecule has 0 amide bonds. The first kappa shape index (κ1) is 10.9. The predicted octanol–water partition coefficient (Wildman–Crippen LogP) is 3.04. The summed E-state index contributed by atoms with van der Waals surface area (Å²) in [5, 5.41) is 8.64. The summed E-state index contributed by atoms with van der Waals surface area (Å²) >= 11 is 0. The van der Waals surface area contributed by atoms with Gasteiger partial charge in [-0.1, -0.05) is 12.1 Å². The molecule has 0 N–H and O–H groups in total. The van der Waals surface area contributed by atoms with Crippen LogP contribution in [-0.2, 0) is 6.42 Å². The van der Waals surface area contributed by atoms with Crippen molar-refractivity contribution in [2.75, 3.05) is 11.4 Å². The van der Waals surface area contributed by atoms with Crippen LogP contribution in [0.2, 0.25) is 0 Å². The monoisotopic (exact) mass is 218 g/mol. The number of hydrogen-bond acceptors (Lipinski definition) is 2. The number of anilines is 1. The summed E-state index contributed by atoms with van der Waals surface area (Å²) < 4.78 is 13.7. The van der Waals surface area contributed by atoms with E-state index in [4.69, 9.17) is 5.26 Å². The topological polar surface area (TPSA) is 27.0 Å². The third kappa shape index (κ3) is 2.33. The second-order valence-corrected chi connectivity index (χ2v) is 4.13. The van der Waals surface area contributed by atoms with E-state index in [0.717, 1.165) is 30.6 Å². The van der Waals surface area contributed by atoms with Crippen LogP contribution >= 0.6 is 0 Å². The van der Waals surface area contributed by atoms with Gasteiger partial charge in [-0.2, -0.15) is 5.26 Å². The van der Waals surface area contributed by atoms with Crippen molar-refractivity contribution in [3.05, 3.63) is 29.8 Å². The SMILES string of the molecule is N#CCc1cccc(N2CCCCC2F)c1. The second-order valence-electron chi connectivity index (χ2n) is 4.13. The highest BCUT2D eigenvalue weighted by atomic mass is 19.1. The van der Waals surface area contributed by atoms with Crippen LogP contribution in [0.5, 0.6) is 0 Å². The summed E-state index contributed by atoms with van der Waals surface area (Å²) in [5.74, 6) is 0. The van der Waals surface area contributed by atoms with Gasteiger partial charge in [0.05, 0.1) is 12.5 Å². The van der Waals surface area contributed by atoms with Crippen LogP contribution in [0.1, 0.15) is 24.8 Å². The maximum atomic E-state index is 13.7. The molecule has 0 aliphatic carbocycles. The smallest absolute Gasteiger partial charge is 0.172 e. The van der Waals surface area contributed by atoms with Gasteiger partial charge in [0.2, 0.25) is 0 Å². The molecule has 0 spiro atoms. The molecule has 2 rings (SSSR count). The van der Waals surface area contributed by atoms with Crippen LogP contribution in [0.15, 0.2) is 24.3 Å². The van der Waals surface area contributed by atoms with E-state index in [9.17, 15) is 4.39 Å². The minimum atomic E-state index is -0.869. The van der Waals surface area contributed by atoms with E-state index in [2.05, 4.69) is 6.07 Å². The normalized spacial score (nSPS) is 20.5. The number of nitriles is 1. The Morgan fingerprint density at radius 2 is 2.31 bits per heavy atom. The lowest BCUT2D eigenvalue weighted by molar-refractivity contribution is 0.266. The van der Waals surface area contributed by atoms with Crippen LogP contribution in [0, 0.1) is 11.3 Å². The lowest BCUT2D eigenvalue weighted by Gasteiger charge is -2.32. The molecule has 0 bridgehead atoms. The Labute approximate surface area is 95.3 Å². The van der Waals surface area contributed by atoms with E-state index in [1.807, 2.05) is 24.3 Å². The zero-order valence-corrected chi connectivity index (χ0v) is 9.19. The molecule has 84 valence electrons. The molecule has 1 aliphatic rings. The van der Waals surface area contributed by atoms with Crippen molar-refractivity contribution in [2.24, 2.45) is 0 Å².